The van der Waals surface area contributed by atoms with E-state index < -0.39 is 0 Å². The molecule has 0 spiro atoms. The summed E-state index contributed by atoms with van der Waals surface area (Å²) in [5.41, 5.74) is 0. The van der Waals surface area contributed by atoms with Gasteiger partial charge in [-0.3, -0.25) is 0 Å². The molecule has 0 radical (unpaired) electrons. The van der Waals surface area contributed by atoms with Crippen LogP contribution in [0.3, 0.4) is 0 Å². The Labute approximate surface area is 57.3 Å². The fourth-order valence-electron chi connectivity index (χ4n) is 0.832. The van der Waals surface area contributed by atoms with E-state index in [0.717, 1.165) is 12.0 Å². The first-order valence-electron chi connectivity index (χ1n) is 3.02. The molecule has 1 aliphatic rings. The first kappa shape index (κ1) is 8.25. The summed E-state index contributed by atoms with van der Waals surface area (Å²) in [7, 11) is 2.03. The van der Waals surface area contributed by atoms with Crippen LogP contribution in [0.2, 0.25) is 0 Å². The van der Waals surface area contributed by atoms with Crippen molar-refractivity contribution >= 4 is 12.4 Å². The summed E-state index contributed by atoms with van der Waals surface area (Å²) in [5.74, 6) is 1.00. The largest absolute Gasteiger partial charge is 0.317 e. The van der Waals surface area contributed by atoms with Gasteiger partial charge < -0.3 is 5.32 Å². The highest BCUT2D eigenvalue weighted by atomic mass is 35.5. The highest BCUT2D eigenvalue weighted by Gasteiger charge is 2.26. The van der Waals surface area contributed by atoms with Gasteiger partial charge in [-0.05, 0) is 32.7 Å². The van der Waals surface area contributed by atoms with Gasteiger partial charge in [-0.25, -0.2) is 0 Å². The summed E-state index contributed by atoms with van der Waals surface area (Å²) >= 11 is 0. The third-order valence-corrected chi connectivity index (χ3v) is 1.78. The molecule has 0 aromatic heterocycles. The lowest BCUT2D eigenvalue weighted by molar-refractivity contribution is 0.546. The number of rotatable bonds is 2. The van der Waals surface area contributed by atoms with Gasteiger partial charge in [0.25, 0.3) is 0 Å². The minimum Gasteiger partial charge on any atom is -0.317 e. The van der Waals surface area contributed by atoms with Crippen molar-refractivity contribution in [3.63, 3.8) is 0 Å². The molecular formula is C6H14ClN. The van der Waals surface area contributed by atoms with Gasteiger partial charge in [-0.1, -0.05) is 0 Å². The predicted molar refractivity (Wildman–Crippen MR) is 38.5 cm³/mol. The Kier molecular flexibility index (Phi) is 3.41. The summed E-state index contributed by atoms with van der Waals surface area (Å²) in [5, 5.41) is 3.23. The molecule has 1 aliphatic carbocycles. The number of nitrogens with one attached hydrogen (secondary N) is 1. The SMILES string of the molecule is CNC(C)C1CC1.Cl. The molecule has 0 amide bonds. The van der Waals surface area contributed by atoms with E-state index in [1.54, 1.807) is 0 Å². The molecule has 0 saturated heterocycles. The Bertz CT molecular complexity index is 61.5. The van der Waals surface area contributed by atoms with Gasteiger partial charge in [0.2, 0.25) is 0 Å². The summed E-state index contributed by atoms with van der Waals surface area (Å²) < 4.78 is 0. The van der Waals surface area contributed by atoms with Crippen LogP contribution < -0.4 is 5.32 Å². The van der Waals surface area contributed by atoms with Crippen molar-refractivity contribution in [2.45, 2.75) is 25.8 Å². The number of halogens is 1. The predicted octanol–water partition coefficient (Wildman–Crippen LogP) is 1.43. The molecule has 0 bridgehead atoms. The lowest BCUT2D eigenvalue weighted by atomic mass is 10.2. The Morgan fingerprint density at radius 2 is 2.00 bits per heavy atom. The van der Waals surface area contributed by atoms with Gasteiger partial charge in [0.15, 0.2) is 0 Å². The quantitative estimate of drug-likeness (QED) is 0.604. The van der Waals surface area contributed by atoms with Crippen molar-refractivity contribution in [1.29, 1.82) is 0 Å². The van der Waals surface area contributed by atoms with Crippen LogP contribution in [0.15, 0.2) is 0 Å². The Morgan fingerprint density at radius 3 is 2.12 bits per heavy atom. The van der Waals surface area contributed by atoms with E-state index >= 15 is 0 Å². The topological polar surface area (TPSA) is 12.0 Å². The molecular weight excluding hydrogens is 122 g/mol. The molecule has 0 aromatic carbocycles. The molecule has 1 rings (SSSR count). The summed E-state index contributed by atoms with van der Waals surface area (Å²) in [6.45, 7) is 2.25. The van der Waals surface area contributed by atoms with Crippen molar-refractivity contribution < 1.29 is 0 Å². The summed E-state index contributed by atoms with van der Waals surface area (Å²) in [4.78, 5) is 0. The van der Waals surface area contributed by atoms with Gasteiger partial charge in [0.05, 0.1) is 0 Å². The Hall–Kier alpha value is 0.250. The molecule has 50 valence electrons. The Balaban J connectivity index is 0.000000490. The zero-order valence-corrected chi connectivity index (χ0v) is 6.29. The average molecular weight is 136 g/mol. The average Bonchev–Trinajstić information content (AvgIpc) is 2.44. The third kappa shape index (κ3) is 2.01. The van der Waals surface area contributed by atoms with Crippen molar-refractivity contribution in [2.75, 3.05) is 7.05 Å². The third-order valence-electron chi connectivity index (χ3n) is 1.78. The van der Waals surface area contributed by atoms with Crippen LogP contribution in [0.1, 0.15) is 19.8 Å². The standard InChI is InChI=1S/C6H13N.ClH/c1-5(7-2)6-3-4-6;/h5-7H,3-4H2,1-2H3;1H. The molecule has 1 N–H and O–H groups in total. The zero-order chi connectivity index (χ0) is 5.28. The van der Waals surface area contributed by atoms with Crippen LogP contribution in [0.5, 0.6) is 0 Å². The maximum atomic E-state index is 3.23. The molecule has 2 heteroatoms. The molecule has 8 heavy (non-hydrogen) atoms. The number of hydrogen-bond acceptors (Lipinski definition) is 1. The normalized spacial score (nSPS) is 21.8. The van der Waals surface area contributed by atoms with Crippen LogP contribution in [-0.2, 0) is 0 Å². The van der Waals surface area contributed by atoms with Crippen LogP contribution >= 0.6 is 12.4 Å². The van der Waals surface area contributed by atoms with Crippen LogP contribution in [0.25, 0.3) is 0 Å². The second-order valence-electron chi connectivity index (χ2n) is 2.41. The zero-order valence-electron chi connectivity index (χ0n) is 5.48. The first-order valence-corrected chi connectivity index (χ1v) is 3.02. The molecule has 1 fully saturated rings. The minimum absolute atomic E-state index is 0. The van der Waals surface area contributed by atoms with E-state index in [9.17, 15) is 0 Å². The van der Waals surface area contributed by atoms with E-state index in [1.165, 1.54) is 12.8 Å². The van der Waals surface area contributed by atoms with Gasteiger partial charge in [0, 0.05) is 6.04 Å². The van der Waals surface area contributed by atoms with Crippen molar-refractivity contribution in [1.82, 2.24) is 5.32 Å². The van der Waals surface area contributed by atoms with E-state index in [4.69, 9.17) is 0 Å². The monoisotopic (exact) mass is 135 g/mol. The van der Waals surface area contributed by atoms with E-state index in [2.05, 4.69) is 12.2 Å². The smallest absolute Gasteiger partial charge is 0.00640 e. The Morgan fingerprint density at radius 1 is 1.50 bits per heavy atom. The van der Waals surface area contributed by atoms with Crippen LogP contribution in [0, 0.1) is 5.92 Å². The van der Waals surface area contributed by atoms with Gasteiger partial charge in [-0.2, -0.15) is 0 Å². The second-order valence-corrected chi connectivity index (χ2v) is 2.41. The molecule has 1 nitrogen and oxygen atoms in total. The molecule has 0 aromatic rings. The highest BCUT2D eigenvalue weighted by Crippen LogP contribution is 2.31. The van der Waals surface area contributed by atoms with Crippen molar-refractivity contribution in [3.8, 4) is 0 Å². The minimum atomic E-state index is 0. The van der Waals surface area contributed by atoms with Crippen molar-refractivity contribution in [3.05, 3.63) is 0 Å². The molecule has 1 saturated carbocycles. The summed E-state index contributed by atoms with van der Waals surface area (Å²) in [6, 6.07) is 0.764. The van der Waals surface area contributed by atoms with Gasteiger partial charge >= 0.3 is 0 Å². The maximum Gasteiger partial charge on any atom is 0.00640 e. The molecule has 1 unspecified atom stereocenters. The van der Waals surface area contributed by atoms with Gasteiger partial charge in [0.1, 0.15) is 0 Å². The molecule has 1 atom stereocenters. The van der Waals surface area contributed by atoms with E-state index in [-0.39, 0.29) is 12.4 Å². The summed E-state index contributed by atoms with van der Waals surface area (Å²) in [6.07, 6.45) is 2.89. The fraction of sp³-hybridized carbons (Fsp3) is 1.00. The van der Waals surface area contributed by atoms with E-state index in [0.29, 0.717) is 0 Å². The van der Waals surface area contributed by atoms with Crippen LogP contribution in [-0.4, -0.2) is 13.1 Å². The lowest BCUT2D eigenvalue weighted by Crippen LogP contribution is -2.22. The van der Waals surface area contributed by atoms with Crippen molar-refractivity contribution in [2.24, 2.45) is 5.92 Å². The lowest BCUT2D eigenvalue weighted by Gasteiger charge is -2.04. The maximum absolute atomic E-state index is 3.23. The van der Waals surface area contributed by atoms with E-state index in [1.807, 2.05) is 7.05 Å². The second kappa shape index (κ2) is 3.31. The highest BCUT2D eigenvalue weighted by molar-refractivity contribution is 5.85. The van der Waals surface area contributed by atoms with Crippen LogP contribution in [0.4, 0.5) is 0 Å². The molecule has 0 aliphatic heterocycles. The first-order chi connectivity index (χ1) is 3.34. The fourth-order valence-corrected chi connectivity index (χ4v) is 0.832. The number of hydrogen-bond donors (Lipinski definition) is 1. The van der Waals surface area contributed by atoms with Gasteiger partial charge in [-0.15, -0.1) is 12.4 Å². The molecule has 0 heterocycles.